The van der Waals surface area contributed by atoms with Crippen LogP contribution in [0.25, 0.3) is 10.9 Å². The van der Waals surface area contributed by atoms with Crippen LogP contribution < -0.4 is 0 Å². The highest BCUT2D eigenvalue weighted by atomic mass is 35.5. The molecule has 5 heteroatoms. The number of nitrogens with zero attached hydrogens (tertiary/aromatic N) is 3. The molecule has 118 valence electrons. The third-order valence-electron chi connectivity index (χ3n) is 3.83. The van der Waals surface area contributed by atoms with E-state index in [1.165, 1.54) is 0 Å². The SMILES string of the molecule is Cn1cc(C(=O)C(C#N)=NCc2ccccc2Cl)c2ccccc21. The van der Waals surface area contributed by atoms with Gasteiger partial charge in [0.2, 0.25) is 5.78 Å². The normalized spacial score (nSPS) is 11.5. The van der Waals surface area contributed by atoms with Crippen LogP contribution in [0, 0.1) is 11.3 Å². The average Bonchev–Trinajstić information content (AvgIpc) is 2.94. The number of aryl methyl sites for hydroxylation is 1. The average molecular weight is 336 g/mol. The van der Waals surface area contributed by atoms with Gasteiger partial charge in [-0.05, 0) is 17.7 Å². The maximum Gasteiger partial charge on any atom is 0.223 e. The molecule has 0 atom stereocenters. The zero-order valence-electron chi connectivity index (χ0n) is 13.0. The predicted octanol–water partition coefficient (Wildman–Crippen LogP) is 4.18. The molecule has 0 N–H and O–H groups in total. The standard InChI is InChI=1S/C19H14ClN3O/c1-23-12-15(14-7-3-5-9-18(14)23)19(24)17(10-21)22-11-13-6-2-4-8-16(13)20/h2-9,12H,11H2,1H3. The lowest BCUT2D eigenvalue weighted by atomic mass is 10.1. The van der Waals surface area contributed by atoms with Crippen LogP contribution in [0.3, 0.4) is 0 Å². The minimum atomic E-state index is -0.374. The van der Waals surface area contributed by atoms with E-state index in [9.17, 15) is 10.1 Å². The molecule has 1 heterocycles. The highest BCUT2D eigenvalue weighted by molar-refractivity contribution is 6.52. The monoisotopic (exact) mass is 335 g/mol. The number of carbonyl (C=O) groups excluding carboxylic acids is 1. The Kier molecular flexibility index (Phi) is 4.45. The van der Waals surface area contributed by atoms with E-state index < -0.39 is 0 Å². The summed E-state index contributed by atoms with van der Waals surface area (Å²) < 4.78 is 1.87. The van der Waals surface area contributed by atoms with Gasteiger partial charge >= 0.3 is 0 Å². The number of aliphatic imine (C=N–C) groups is 1. The van der Waals surface area contributed by atoms with Gasteiger partial charge in [0.05, 0.1) is 12.1 Å². The fourth-order valence-corrected chi connectivity index (χ4v) is 2.79. The number of halogens is 1. The predicted molar refractivity (Wildman–Crippen MR) is 95.5 cm³/mol. The number of para-hydroxylation sites is 1. The minimum absolute atomic E-state index is 0.119. The zero-order valence-corrected chi connectivity index (χ0v) is 13.8. The van der Waals surface area contributed by atoms with Gasteiger partial charge in [-0.15, -0.1) is 0 Å². The van der Waals surface area contributed by atoms with E-state index in [-0.39, 0.29) is 18.0 Å². The first-order chi connectivity index (χ1) is 11.6. The Morgan fingerprint density at radius 1 is 1.21 bits per heavy atom. The van der Waals surface area contributed by atoms with Crippen LogP contribution in [-0.2, 0) is 13.6 Å². The number of hydrogen-bond acceptors (Lipinski definition) is 3. The lowest BCUT2D eigenvalue weighted by molar-refractivity contribution is 0.106. The number of fused-ring (bicyclic) bond motifs is 1. The smallest absolute Gasteiger partial charge is 0.223 e. The van der Waals surface area contributed by atoms with Gasteiger partial charge in [0.25, 0.3) is 0 Å². The fraction of sp³-hybridized carbons (Fsp3) is 0.105. The highest BCUT2D eigenvalue weighted by Crippen LogP contribution is 2.21. The van der Waals surface area contributed by atoms with Crippen molar-refractivity contribution in [3.05, 3.63) is 70.9 Å². The maximum atomic E-state index is 12.7. The Labute approximate surface area is 144 Å². The summed E-state index contributed by atoms with van der Waals surface area (Å²) >= 11 is 6.09. The van der Waals surface area contributed by atoms with Crippen molar-refractivity contribution in [2.24, 2.45) is 12.0 Å². The molecule has 0 saturated carbocycles. The molecule has 2 aromatic carbocycles. The summed E-state index contributed by atoms with van der Waals surface area (Å²) in [5.41, 5.74) is 2.07. The highest BCUT2D eigenvalue weighted by Gasteiger charge is 2.19. The molecule has 0 fully saturated rings. The second kappa shape index (κ2) is 6.69. The van der Waals surface area contributed by atoms with Crippen LogP contribution in [0.5, 0.6) is 0 Å². The summed E-state index contributed by atoms with van der Waals surface area (Å²) in [6, 6.07) is 16.7. The van der Waals surface area contributed by atoms with Crippen LogP contribution in [0.15, 0.2) is 59.7 Å². The first-order valence-electron chi connectivity index (χ1n) is 7.38. The number of nitriles is 1. The van der Waals surface area contributed by atoms with Crippen LogP contribution >= 0.6 is 11.6 Å². The Hall–Kier alpha value is -2.90. The largest absolute Gasteiger partial charge is 0.350 e. The van der Waals surface area contributed by atoms with Gasteiger partial charge in [-0.25, -0.2) is 0 Å². The molecule has 4 nitrogen and oxygen atoms in total. The molecule has 0 aliphatic rings. The van der Waals surface area contributed by atoms with Gasteiger partial charge in [0.1, 0.15) is 6.07 Å². The van der Waals surface area contributed by atoms with Crippen LogP contribution in [0.4, 0.5) is 0 Å². The summed E-state index contributed by atoms with van der Waals surface area (Å²) in [5, 5.41) is 10.7. The van der Waals surface area contributed by atoms with Crippen molar-refractivity contribution >= 4 is 34.0 Å². The first-order valence-corrected chi connectivity index (χ1v) is 7.76. The summed E-state index contributed by atoms with van der Waals surface area (Å²) in [6.45, 7) is 0.194. The van der Waals surface area contributed by atoms with Gasteiger partial charge in [-0.1, -0.05) is 48.0 Å². The third kappa shape index (κ3) is 2.94. The summed E-state index contributed by atoms with van der Waals surface area (Å²) in [5.74, 6) is -0.374. The number of benzene rings is 2. The lowest BCUT2D eigenvalue weighted by Crippen LogP contribution is -2.12. The lowest BCUT2D eigenvalue weighted by Gasteiger charge is -2.01. The summed E-state index contributed by atoms with van der Waals surface area (Å²) in [6.07, 6.45) is 1.73. The van der Waals surface area contributed by atoms with E-state index in [2.05, 4.69) is 4.99 Å². The number of ketones is 1. The molecule has 0 amide bonds. The quantitative estimate of drug-likeness (QED) is 0.530. The molecular formula is C19H14ClN3O. The van der Waals surface area contributed by atoms with Gasteiger partial charge in [0, 0.05) is 29.2 Å². The molecule has 24 heavy (non-hydrogen) atoms. The molecule has 0 unspecified atom stereocenters. The van der Waals surface area contributed by atoms with E-state index in [1.807, 2.05) is 60.1 Å². The minimum Gasteiger partial charge on any atom is -0.350 e. The maximum absolute atomic E-state index is 12.7. The van der Waals surface area contributed by atoms with E-state index in [0.717, 1.165) is 16.5 Å². The molecule has 1 aromatic heterocycles. The van der Waals surface area contributed by atoms with Crippen LogP contribution in [0.1, 0.15) is 15.9 Å². The topological polar surface area (TPSA) is 58.1 Å². The molecule has 0 spiro atoms. The number of rotatable bonds is 4. The molecule has 3 aromatic rings. The second-order valence-corrected chi connectivity index (χ2v) is 5.78. The van der Waals surface area contributed by atoms with Gasteiger partial charge in [-0.3, -0.25) is 9.79 Å². The van der Waals surface area contributed by atoms with Crippen molar-refractivity contribution in [1.29, 1.82) is 5.26 Å². The van der Waals surface area contributed by atoms with Gasteiger partial charge in [-0.2, -0.15) is 5.26 Å². The molecule has 0 aliphatic carbocycles. The zero-order chi connectivity index (χ0) is 17.1. The van der Waals surface area contributed by atoms with E-state index in [1.54, 1.807) is 12.3 Å². The number of aromatic nitrogens is 1. The molecule has 0 radical (unpaired) electrons. The van der Waals surface area contributed by atoms with E-state index in [0.29, 0.717) is 10.6 Å². The van der Waals surface area contributed by atoms with Crippen molar-refractivity contribution in [1.82, 2.24) is 4.57 Å². The molecule has 0 bridgehead atoms. The van der Waals surface area contributed by atoms with Crippen molar-refractivity contribution in [2.45, 2.75) is 6.54 Å². The number of Topliss-reactive ketones (excluding diaryl/α,β-unsaturated/α-hetero) is 1. The van der Waals surface area contributed by atoms with Crippen LogP contribution in [0.2, 0.25) is 5.02 Å². The van der Waals surface area contributed by atoms with Crippen molar-refractivity contribution in [3.63, 3.8) is 0 Å². The summed E-state index contributed by atoms with van der Waals surface area (Å²) in [4.78, 5) is 16.9. The van der Waals surface area contributed by atoms with Crippen molar-refractivity contribution in [3.8, 4) is 6.07 Å². The van der Waals surface area contributed by atoms with Crippen molar-refractivity contribution in [2.75, 3.05) is 0 Å². The molecule has 0 aliphatic heterocycles. The number of hydrogen-bond donors (Lipinski definition) is 0. The summed E-state index contributed by atoms with van der Waals surface area (Å²) in [7, 11) is 1.87. The Morgan fingerprint density at radius 2 is 1.92 bits per heavy atom. The Balaban J connectivity index is 1.96. The molecular weight excluding hydrogens is 322 g/mol. The first kappa shape index (κ1) is 16.0. The Bertz CT molecular complexity index is 995. The van der Waals surface area contributed by atoms with Crippen LogP contribution in [-0.4, -0.2) is 16.1 Å². The van der Waals surface area contributed by atoms with Gasteiger partial charge in [0.15, 0.2) is 5.71 Å². The van der Waals surface area contributed by atoms with Gasteiger partial charge < -0.3 is 4.57 Å². The Morgan fingerprint density at radius 3 is 2.67 bits per heavy atom. The fourth-order valence-electron chi connectivity index (χ4n) is 2.60. The second-order valence-electron chi connectivity index (χ2n) is 5.37. The van der Waals surface area contributed by atoms with E-state index >= 15 is 0 Å². The number of carbonyl (C=O) groups is 1. The van der Waals surface area contributed by atoms with Crippen molar-refractivity contribution < 1.29 is 4.79 Å². The van der Waals surface area contributed by atoms with E-state index in [4.69, 9.17) is 11.6 Å². The third-order valence-corrected chi connectivity index (χ3v) is 4.20. The molecule has 3 rings (SSSR count). The molecule has 0 saturated heterocycles.